The van der Waals surface area contributed by atoms with Crippen LogP contribution in [0.4, 0.5) is 0 Å². The Labute approximate surface area is 153 Å². The summed E-state index contributed by atoms with van der Waals surface area (Å²) in [5.41, 5.74) is 0.631. The van der Waals surface area contributed by atoms with E-state index in [2.05, 4.69) is 24.0 Å². The number of carbonyl (C=O) groups is 1. The largest absolute Gasteiger partial charge is 0.494 e. The van der Waals surface area contributed by atoms with Crippen LogP contribution in [0.25, 0.3) is 0 Å². The third kappa shape index (κ3) is 4.60. The van der Waals surface area contributed by atoms with Crippen LogP contribution in [0.2, 0.25) is 0 Å². The first-order valence-electron chi connectivity index (χ1n) is 8.97. The van der Waals surface area contributed by atoms with Crippen molar-refractivity contribution in [2.24, 2.45) is 5.92 Å². The van der Waals surface area contributed by atoms with Crippen LogP contribution >= 0.6 is 0 Å². The minimum absolute atomic E-state index is 0.0350. The molecule has 7 nitrogen and oxygen atoms in total. The average Bonchev–Trinajstić information content (AvgIpc) is 3.08. The molecule has 0 spiro atoms. The Morgan fingerprint density at radius 1 is 1.35 bits per heavy atom. The van der Waals surface area contributed by atoms with Gasteiger partial charge in [0.2, 0.25) is 11.7 Å². The highest BCUT2D eigenvalue weighted by Gasteiger charge is 2.29. The number of ether oxygens (including phenoxy) is 2. The normalized spacial score (nSPS) is 17.5. The maximum atomic E-state index is 12.8. The predicted molar refractivity (Wildman–Crippen MR) is 95.0 cm³/mol. The van der Waals surface area contributed by atoms with Crippen molar-refractivity contribution in [3.05, 3.63) is 41.5 Å². The van der Waals surface area contributed by atoms with Crippen LogP contribution in [-0.2, 0) is 4.74 Å². The molecule has 3 rings (SSSR count). The minimum Gasteiger partial charge on any atom is -0.494 e. The lowest BCUT2D eigenvalue weighted by molar-refractivity contribution is -0.0276. The second kappa shape index (κ2) is 8.31. The molecule has 0 N–H and O–H groups in total. The van der Waals surface area contributed by atoms with E-state index in [1.165, 1.54) is 0 Å². The van der Waals surface area contributed by atoms with E-state index >= 15 is 0 Å². The summed E-state index contributed by atoms with van der Waals surface area (Å²) in [6, 6.07) is 7.29. The summed E-state index contributed by atoms with van der Waals surface area (Å²) >= 11 is 0. The van der Waals surface area contributed by atoms with E-state index in [-0.39, 0.29) is 12.0 Å². The maximum absolute atomic E-state index is 12.8. The molecule has 1 saturated heterocycles. The van der Waals surface area contributed by atoms with Crippen LogP contribution in [0.5, 0.6) is 5.75 Å². The lowest BCUT2D eigenvalue weighted by atomic mass is 10.1. The monoisotopic (exact) mass is 359 g/mol. The number of hydrogen-bond acceptors (Lipinski definition) is 6. The number of carbonyl (C=O) groups excluding carboxylic acids is 1. The third-order valence-electron chi connectivity index (χ3n) is 4.25. The van der Waals surface area contributed by atoms with Gasteiger partial charge in [-0.3, -0.25) is 4.79 Å². The highest BCUT2D eigenvalue weighted by atomic mass is 16.5. The van der Waals surface area contributed by atoms with Crippen molar-refractivity contribution in [1.82, 2.24) is 15.0 Å². The number of nitrogens with zero attached hydrogens (tertiary/aromatic N) is 3. The van der Waals surface area contributed by atoms with Gasteiger partial charge in [-0.25, -0.2) is 0 Å². The van der Waals surface area contributed by atoms with Gasteiger partial charge in [-0.2, -0.15) is 4.98 Å². The molecule has 0 aliphatic carbocycles. The van der Waals surface area contributed by atoms with Crippen molar-refractivity contribution in [2.75, 3.05) is 26.3 Å². The van der Waals surface area contributed by atoms with Crippen LogP contribution in [0.15, 0.2) is 28.8 Å². The van der Waals surface area contributed by atoms with Crippen LogP contribution in [0.1, 0.15) is 48.4 Å². The molecule has 1 amide bonds. The molecular formula is C19H25N3O4. The third-order valence-corrected chi connectivity index (χ3v) is 4.25. The Morgan fingerprint density at radius 2 is 2.12 bits per heavy atom. The number of aromatic nitrogens is 2. The van der Waals surface area contributed by atoms with E-state index < -0.39 is 0 Å². The molecule has 7 heteroatoms. The van der Waals surface area contributed by atoms with E-state index in [9.17, 15) is 4.79 Å². The molecule has 2 heterocycles. The smallest absolute Gasteiger partial charge is 0.254 e. The lowest BCUT2D eigenvalue weighted by Gasteiger charge is -2.31. The molecule has 0 saturated carbocycles. The first-order chi connectivity index (χ1) is 12.5. The Kier molecular flexibility index (Phi) is 5.88. The van der Waals surface area contributed by atoms with Crippen molar-refractivity contribution in [3.63, 3.8) is 0 Å². The first kappa shape index (κ1) is 18.4. The number of aryl methyl sites for hydroxylation is 1. The zero-order valence-electron chi connectivity index (χ0n) is 15.5. The van der Waals surface area contributed by atoms with Gasteiger partial charge in [-0.05, 0) is 36.6 Å². The zero-order chi connectivity index (χ0) is 18.5. The van der Waals surface area contributed by atoms with Gasteiger partial charge in [0.25, 0.3) is 5.91 Å². The molecule has 0 radical (unpaired) electrons. The summed E-state index contributed by atoms with van der Waals surface area (Å²) in [6.07, 6.45) is 0.648. The van der Waals surface area contributed by atoms with Crippen molar-refractivity contribution >= 4 is 5.91 Å². The van der Waals surface area contributed by atoms with Crippen molar-refractivity contribution in [3.8, 4) is 5.75 Å². The number of morpholine rings is 1. The van der Waals surface area contributed by atoms with Gasteiger partial charge < -0.3 is 18.9 Å². The molecule has 140 valence electrons. The Balaban J connectivity index is 1.59. The van der Waals surface area contributed by atoms with Crippen LogP contribution in [0, 0.1) is 12.8 Å². The van der Waals surface area contributed by atoms with Gasteiger partial charge in [0.05, 0.1) is 19.8 Å². The predicted octanol–water partition coefficient (Wildman–Crippen LogP) is 3.02. The topological polar surface area (TPSA) is 77.7 Å². The quantitative estimate of drug-likeness (QED) is 0.789. The molecule has 1 atom stereocenters. The van der Waals surface area contributed by atoms with E-state index in [0.717, 1.165) is 12.2 Å². The van der Waals surface area contributed by atoms with Gasteiger partial charge in [0.15, 0.2) is 0 Å². The molecule has 2 aromatic rings. The molecule has 1 aromatic carbocycles. The molecule has 1 aliphatic rings. The lowest BCUT2D eigenvalue weighted by Crippen LogP contribution is -2.42. The van der Waals surface area contributed by atoms with E-state index in [1.807, 2.05) is 12.1 Å². The van der Waals surface area contributed by atoms with Gasteiger partial charge in [0, 0.05) is 19.0 Å². The molecule has 1 aliphatic heterocycles. The second-order valence-electron chi connectivity index (χ2n) is 6.84. The van der Waals surface area contributed by atoms with E-state index in [4.69, 9.17) is 14.0 Å². The minimum atomic E-state index is -0.358. The van der Waals surface area contributed by atoms with E-state index in [0.29, 0.717) is 49.5 Å². The van der Waals surface area contributed by atoms with Crippen LogP contribution in [0.3, 0.4) is 0 Å². The summed E-state index contributed by atoms with van der Waals surface area (Å²) in [6.45, 7) is 8.13. The molecule has 1 aromatic heterocycles. The van der Waals surface area contributed by atoms with Crippen LogP contribution < -0.4 is 4.74 Å². The Hall–Kier alpha value is -2.41. The van der Waals surface area contributed by atoms with E-state index in [1.54, 1.807) is 24.0 Å². The summed E-state index contributed by atoms with van der Waals surface area (Å²) in [5, 5.41) is 3.89. The summed E-state index contributed by atoms with van der Waals surface area (Å²) < 4.78 is 16.4. The number of amides is 1. The van der Waals surface area contributed by atoms with Crippen LogP contribution in [-0.4, -0.2) is 47.3 Å². The van der Waals surface area contributed by atoms with Crippen molar-refractivity contribution < 1.29 is 18.8 Å². The first-order valence-corrected chi connectivity index (χ1v) is 8.97. The summed E-state index contributed by atoms with van der Waals surface area (Å²) in [4.78, 5) is 18.7. The fourth-order valence-corrected chi connectivity index (χ4v) is 2.72. The average molecular weight is 359 g/mol. The SMILES string of the molecule is Cc1nc([C@@H]2CN(C(=O)c3ccc(OCCC(C)C)cc3)CCO2)no1. The Morgan fingerprint density at radius 3 is 2.77 bits per heavy atom. The molecule has 0 unspecified atom stereocenters. The molecule has 1 fully saturated rings. The van der Waals surface area contributed by atoms with Gasteiger partial charge in [-0.1, -0.05) is 19.0 Å². The summed E-state index contributed by atoms with van der Waals surface area (Å²) in [7, 11) is 0. The van der Waals surface area contributed by atoms with Crippen molar-refractivity contribution in [1.29, 1.82) is 0 Å². The van der Waals surface area contributed by atoms with Gasteiger partial charge in [-0.15, -0.1) is 0 Å². The summed E-state index contributed by atoms with van der Waals surface area (Å²) in [5.74, 6) is 2.32. The number of benzene rings is 1. The van der Waals surface area contributed by atoms with Gasteiger partial charge >= 0.3 is 0 Å². The van der Waals surface area contributed by atoms with Gasteiger partial charge in [0.1, 0.15) is 11.9 Å². The fraction of sp³-hybridized carbons (Fsp3) is 0.526. The van der Waals surface area contributed by atoms with Crippen molar-refractivity contribution in [2.45, 2.75) is 33.3 Å². The molecule has 0 bridgehead atoms. The number of rotatable bonds is 6. The second-order valence-corrected chi connectivity index (χ2v) is 6.84. The highest BCUT2D eigenvalue weighted by Crippen LogP contribution is 2.22. The highest BCUT2D eigenvalue weighted by molar-refractivity contribution is 5.94. The standard InChI is InChI=1S/C19H25N3O4/c1-13(2)8-10-24-16-6-4-15(5-7-16)19(23)22-9-11-25-17(12-22)18-20-14(3)26-21-18/h4-7,13,17H,8-12H2,1-3H3/t17-/m0/s1. The fourth-order valence-electron chi connectivity index (χ4n) is 2.72. The zero-order valence-corrected chi connectivity index (χ0v) is 15.5. The molecular weight excluding hydrogens is 334 g/mol. The molecule has 26 heavy (non-hydrogen) atoms. The maximum Gasteiger partial charge on any atom is 0.254 e. The Bertz CT molecular complexity index is 727. The number of hydrogen-bond donors (Lipinski definition) is 0.